The average Bonchev–Trinajstić information content (AvgIpc) is 3.01. The van der Waals surface area contributed by atoms with Gasteiger partial charge in [0.1, 0.15) is 6.04 Å². The third-order valence-corrected chi connectivity index (χ3v) is 3.83. The summed E-state index contributed by atoms with van der Waals surface area (Å²) in [6.07, 6.45) is 1.28. The molecule has 3 N–H and O–H groups in total. The number of hydrogen-bond donors (Lipinski definition) is 3. The number of rotatable bonds is 5. The Morgan fingerprint density at radius 2 is 2.04 bits per heavy atom. The summed E-state index contributed by atoms with van der Waals surface area (Å²) in [4.78, 5) is 41.6. The summed E-state index contributed by atoms with van der Waals surface area (Å²) in [5, 5.41) is 2.71. The fourth-order valence-corrected chi connectivity index (χ4v) is 2.62. The first kappa shape index (κ1) is 16.8. The highest BCUT2D eigenvalue weighted by Crippen LogP contribution is 2.35. The molecule has 1 aliphatic rings. The Bertz CT molecular complexity index is 902. The Morgan fingerprint density at radius 1 is 1.28 bits per heavy atom. The zero-order valence-electron chi connectivity index (χ0n) is 13.8. The molecule has 2 heterocycles. The van der Waals surface area contributed by atoms with Gasteiger partial charge in [0.05, 0.1) is 5.56 Å². The summed E-state index contributed by atoms with van der Waals surface area (Å²) < 4.78 is 10.6. The zero-order valence-corrected chi connectivity index (χ0v) is 13.8. The van der Waals surface area contributed by atoms with Crippen LogP contribution in [0.25, 0.3) is 0 Å². The lowest BCUT2D eigenvalue weighted by Gasteiger charge is -2.24. The van der Waals surface area contributed by atoms with E-state index < -0.39 is 17.3 Å². The van der Waals surface area contributed by atoms with E-state index in [0.717, 1.165) is 5.56 Å². The number of hydrogen-bond acceptors (Lipinski definition) is 6. The van der Waals surface area contributed by atoms with Gasteiger partial charge < -0.3 is 19.8 Å². The number of benzene rings is 1. The molecular weight excluding hydrogens is 328 g/mol. The van der Waals surface area contributed by atoms with Crippen molar-refractivity contribution in [1.29, 1.82) is 0 Å². The Kier molecular flexibility index (Phi) is 4.57. The van der Waals surface area contributed by atoms with Gasteiger partial charge in [0, 0.05) is 12.7 Å². The van der Waals surface area contributed by atoms with E-state index in [4.69, 9.17) is 9.47 Å². The first-order valence-electron chi connectivity index (χ1n) is 7.60. The topological polar surface area (TPSA) is 117 Å². The normalized spacial score (nSPS) is 13.7. The largest absolute Gasteiger partial charge is 0.454 e. The molecule has 0 spiro atoms. The van der Waals surface area contributed by atoms with Crippen LogP contribution in [0.3, 0.4) is 0 Å². The molecule has 1 aromatic heterocycles. The lowest BCUT2D eigenvalue weighted by molar-refractivity contribution is -0.125. The summed E-state index contributed by atoms with van der Waals surface area (Å²) >= 11 is 0. The average molecular weight is 346 g/mol. The number of carbonyl (C=O) groups is 1. The van der Waals surface area contributed by atoms with Gasteiger partial charge in [-0.1, -0.05) is 6.07 Å². The number of H-pyrrole nitrogens is 2. The fraction of sp³-hybridized carbons (Fsp3) is 0.312. The maximum Gasteiger partial charge on any atom is 0.325 e. The van der Waals surface area contributed by atoms with Crippen LogP contribution in [0, 0.1) is 0 Å². The molecule has 9 heteroatoms. The van der Waals surface area contributed by atoms with Crippen LogP contribution in [-0.4, -0.2) is 41.7 Å². The van der Waals surface area contributed by atoms with Gasteiger partial charge >= 0.3 is 5.69 Å². The highest BCUT2D eigenvalue weighted by molar-refractivity contribution is 5.83. The Balaban J connectivity index is 1.77. The molecule has 1 amide bonds. The van der Waals surface area contributed by atoms with E-state index in [9.17, 15) is 14.4 Å². The van der Waals surface area contributed by atoms with Gasteiger partial charge in [0.25, 0.3) is 5.56 Å². The molecule has 0 bridgehead atoms. The smallest absolute Gasteiger partial charge is 0.325 e. The van der Waals surface area contributed by atoms with Crippen molar-refractivity contribution in [2.24, 2.45) is 0 Å². The van der Waals surface area contributed by atoms with Crippen LogP contribution in [0.15, 0.2) is 34.0 Å². The van der Waals surface area contributed by atoms with E-state index in [1.165, 1.54) is 6.20 Å². The number of fused-ring (bicyclic) bond motifs is 1. The Labute approximate surface area is 142 Å². The Hall–Kier alpha value is -3.07. The van der Waals surface area contributed by atoms with E-state index in [-0.39, 0.29) is 24.8 Å². The van der Waals surface area contributed by atoms with Crippen LogP contribution >= 0.6 is 0 Å². The molecule has 132 valence electrons. The van der Waals surface area contributed by atoms with Crippen molar-refractivity contribution in [1.82, 2.24) is 20.2 Å². The lowest BCUT2D eigenvalue weighted by Crippen LogP contribution is -2.38. The monoisotopic (exact) mass is 346 g/mol. The first-order chi connectivity index (χ1) is 12.0. The molecule has 1 unspecified atom stereocenters. The first-order valence-corrected chi connectivity index (χ1v) is 7.60. The fourth-order valence-electron chi connectivity index (χ4n) is 2.62. The van der Waals surface area contributed by atoms with Crippen LogP contribution in [0.4, 0.5) is 0 Å². The SMILES string of the molecule is CN(C)C(C(=O)NCc1c[nH]c(=O)[nH]c1=O)c1ccc2c(c1)OCO2. The molecule has 0 fully saturated rings. The molecule has 1 aromatic carbocycles. The molecule has 1 aliphatic heterocycles. The quantitative estimate of drug-likeness (QED) is 0.685. The summed E-state index contributed by atoms with van der Waals surface area (Å²) in [6.45, 7) is 0.159. The third kappa shape index (κ3) is 3.56. The second-order valence-electron chi connectivity index (χ2n) is 5.79. The lowest BCUT2D eigenvalue weighted by atomic mass is 10.0. The molecule has 0 radical (unpaired) electrons. The van der Waals surface area contributed by atoms with Crippen molar-refractivity contribution in [3.63, 3.8) is 0 Å². The molecule has 9 nitrogen and oxygen atoms in total. The molecule has 0 aliphatic carbocycles. The number of likely N-dealkylation sites (N-methyl/N-ethyl adjacent to an activating group) is 1. The van der Waals surface area contributed by atoms with Crippen LogP contribution in [0.1, 0.15) is 17.2 Å². The number of amides is 1. The van der Waals surface area contributed by atoms with Gasteiger partial charge in [0.2, 0.25) is 12.7 Å². The summed E-state index contributed by atoms with van der Waals surface area (Å²) in [5.41, 5.74) is -0.126. The second kappa shape index (κ2) is 6.81. The second-order valence-corrected chi connectivity index (χ2v) is 5.79. The highest BCUT2D eigenvalue weighted by atomic mass is 16.7. The van der Waals surface area contributed by atoms with Crippen LogP contribution in [0.5, 0.6) is 11.5 Å². The minimum atomic E-state index is -0.591. The predicted molar refractivity (Wildman–Crippen MR) is 88.5 cm³/mol. The molecule has 2 aromatic rings. The van der Waals surface area contributed by atoms with Crippen LogP contribution in [0.2, 0.25) is 0 Å². The molecule has 25 heavy (non-hydrogen) atoms. The molecular formula is C16H18N4O5. The molecule has 3 rings (SSSR count). The minimum Gasteiger partial charge on any atom is -0.454 e. The van der Waals surface area contributed by atoms with Crippen molar-refractivity contribution >= 4 is 5.91 Å². The maximum absolute atomic E-state index is 12.6. The van der Waals surface area contributed by atoms with Gasteiger partial charge in [-0.15, -0.1) is 0 Å². The van der Waals surface area contributed by atoms with Crippen molar-refractivity contribution in [3.8, 4) is 11.5 Å². The molecule has 1 atom stereocenters. The minimum absolute atomic E-state index is 0.000160. The molecule has 0 saturated heterocycles. The van der Waals surface area contributed by atoms with E-state index in [1.54, 1.807) is 37.2 Å². The van der Waals surface area contributed by atoms with Crippen molar-refractivity contribution in [2.75, 3.05) is 20.9 Å². The van der Waals surface area contributed by atoms with Crippen LogP contribution < -0.4 is 26.0 Å². The van der Waals surface area contributed by atoms with Crippen molar-refractivity contribution < 1.29 is 14.3 Å². The summed E-state index contributed by atoms with van der Waals surface area (Å²) in [5.74, 6) is 0.949. The highest BCUT2D eigenvalue weighted by Gasteiger charge is 2.25. The number of aromatic nitrogens is 2. The molecule has 0 saturated carbocycles. The van der Waals surface area contributed by atoms with Crippen molar-refractivity contribution in [3.05, 3.63) is 56.4 Å². The summed E-state index contributed by atoms with van der Waals surface area (Å²) in [6, 6.07) is 4.74. The zero-order chi connectivity index (χ0) is 18.0. The number of ether oxygens (including phenoxy) is 2. The number of nitrogens with zero attached hydrogens (tertiary/aromatic N) is 1. The predicted octanol–water partition coefficient (Wildman–Crippen LogP) is -0.289. The summed E-state index contributed by atoms with van der Waals surface area (Å²) in [7, 11) is 3.56. The number of nitrogens with one attached hydrogen (secondary N) is 3. The van der Waals surface area contributed by atoms with E-state index in [2.05, 4.69) is 15.3 Å². The number of carbonyl (C=O) groups excluding carboxylic acids is 1. The third-order valence-electron chi connectivity index (χ3n) is 3.83. The van der Waals surface area contributed by atoms with E-state index in [1.807, 2.05) is 0 Å². The van der Waals surface area contributed by atoms with Gasteiger partial charge in [-0.25, -0.2) is 4.79 Å². The Morgan fingerprint density at radius 3 is 2.76 bits per heavy atom. The van der Waals surface area contributed by atoms with Crippen molar-refractivity contribution in [2.45, 2.75) is 12.6 Å². The standard InChI is InChI=1S/C16H18N4O5/c1-20(2)13(9-3-4-11-12(5-9)25-8-24-11)15(22)17-6-10-7-18-16(23)19-14(10)21/h3-5,7,13H,6,8H2,1-2H3,(H,17,22)(H2,18,19,21,23). The van der Waals surface area contributed by atoms with Gasteiger partial charge in [-0.2, -0.15) is 0 Å². The van der Waals surface area contributed by atoms with Gasteiger partial charge in [0.15, 0.2) is 11.5 Å². The van der Waals surface area contributed by atoms with E-state index in [0.29, 0.717) is 11.5 Å². The van der Waals surface area contributed by atoms with Gasteiger partial charge in [-0.3, -0.25) is 19.5 Å². The number of aromatic amines is 2. The van der Waals surface area contributed by atoms with E-state index >= 15 is 0 Å². The maximum atomic E-state index is 12.6. The van der Waals surface area contributed by atoms with Crippen LogP contribution in [-0.2, 0) is 11.3 Å². The van der Waals surface area contributed by atoms with Gasteiger partial charge in [-0.05, 0) is 31.8 Å².